The minimum atomic E-state index is -4.38. The molecule has 0 aliphatic carbocycles. The fraction of sp³-hybridized carbons (Fsp3) is 0.321. The average molecular weight is 530 g/mol. The first kappa shape index (κ1) is 28.5. The maximum atomic E-state index is 12.8. The van der Waals surface area contributed by atoms with Crippen LogP contribution in [0, 0.1) is 0 Å². The largest absolute Gasteiger partial charge is 0.490 e. The predicted molar refractivity (Wildman–Crippen MR) is 138 cm³/mol. The molecule has 202 valence electrons. The van der Waals surface area contributed by atoms with Crippen molar-refractivity contribution in [1.82, 2.24) is 10.3 Å². The van der Waals surface area contributed by atoms with Crippen LogP contribution in [-0.4, -0.2) is 41.2 Å². The summed E-state index contributed by atoms with van der Waals surface area (Å²) in [5.74, 6) is -0.774. The highest BCUT2D eigenvalue weighted by Gasteiger charge is 2.30. The smallest absolute Gasteiger partial charge is 0.416 e. The summed E-state index contributed by atoms with van der Waals surface area (Å²) in [6, 6.07) is 15.2. The van der Waals surface area contributed by atoms with Gasteiger partial charge in [-0.05, 0) is 55.0 Å². The zero-order valence-electron chi connectivity index (χ0n) is 20.9. The van der Waals surface area contributed by atoms with Gasteiger partial charge in [-0.1, -0.05) is 31.9 Å². The maximum Gasteiger partial charge on any atom is 0.416 e. The van der Waals surface area contributed by atoms with E-state index in [0.717, 1.165) is 37.1 Å². The fourth-order valence-electron chi connectivity index (χ4n) is 3.65. The van der Waals surface area contributed by atoms with E-state index in [-0.39, 0.29) is 24.9 Å². The van der Waals surface area contributed by atoms with E-state index in [4.69, 9.17) is 9.84 Å². The number of pyridine rings is 1. The topological polar surface area (TPSA) is 101 Å². The number of hydrogen-bond donors (Lipinski definition) is 3. The van der Waals surface area contributed by atoms with Crippen LogP contribution in [-0.2, 0) is 11.0 Å². The summed E-state index contributed by atoms with van der Waals surface area (Å²) in [5, 5.41) is 14.7. The summed E-state index contributed by atoms with van der Waals surface area (Å²) in [5.41, 5.74) is 1.65. The van der Waals surface area contributed by atoms with E-state index in [1.807, 2.05) is 0 Å². The lowest BCUT2D eigenvalue weighted by molar-refractivity contribution is -0.138. The summed E-state index contributed by atoms with van der Waals surface area (Å²) in [7, 11) is 0. The number of unbranched alkanes of at least 4 members (excludes halogenated alkanes) is 1. The van der Waals surface area contributed by atoms with Crippen molar-refractivity contribution in [3.05, 3.63) is 78.0 Å². The van der Waals surface area contributed by atoms with Crippen molar-refractivity contribution in [3.63, 3.8) is 0 Å². The van der Waals surface area contributed by atoms with Crippen LogP contribution < -0.4 is 15.4 Å². The van der Waals surface area contributed by atoms with Crippen molar-refractivity contribution in [2.45, 2.75) is 44.8 Å². The normalized spacial score (nSPS) is 12.0. The number of anilines is 1. The number of benzene rings is 2. The molecule has 0 saturated carbocycles. The molecule has 0 spiro atoms. The Morgan fingerprint density at radius 3 is 2.32 bits per heavy atom. The standard InChI is InChI=1S/C28H30F3N3O4/c1-2-3-4-23(34-22-11-7-20(8-12-22)27(37)32-16-15-26(35)36)18-38-24-13-14-25(33-17-24)19-5-9-21(10-6-19)28(29,30)31/h5-14,17,23,34H,2-4,15-16,18H2,1H3,(H,32,37)(H,35,36)/t23-/m0/s1. The summed E-state index contributed by atoms with van der Waals surface area (Å²) >= 11 is 0. The Balaban J connectivity index is 1.56. The highest BCUT2D eigenvalue weighted by Crippen LogP contribution is 2.30. The molecule has 0 fully saturated rings. The molecule has 1 aromatic heterocycles. The number of rotatable bonds is 13. The first-order chi connectivity index (χ1) is 18.2. The summed E-state index contributed by atoms with van der Waals surface area (Å²) in [6.45, 7) is 2.52. The minimum Gasteiger partial charge on any atom is -0.490 e. The number of aliphatic carboxylic acids is 1. The number of carboxylic acid groups (broad SMARTS) is 1. The molecule has 10 heteroatoms. The van der Waals surface area contributed by atoms with E-state index in [2.05, 4.69) is 22.5 Å². The highest BCUT2D eigenvalue weighted by molar-refractivity contribution is 5.94. The van der Waals surface area contributed by atoms with E-state index >= 15 is 0 Å². The molecule has 0 aliphatic rings. The number of ether oxygens (including phenoxy) is 1. The van der Waals surface area contributed by atoms with Crippen molar-refractivity contribution in [1.29, 1.82) is 0 Å². The van der Waals surface area contributed by atoms with Crippen LogP contribution in [0.5, 0.6) is 5.75 Å². The molecule has 7 nitrogen and oxygen atoms in total. The third kappa shape index (κ3) is 8.79. The molecule has 0 radical (unpaired) electrons. The Morgan fingerprint density at radius 2 is 1.74 bits per heavy atom. The fourth-order valence-corrected chi connectivity index (χ4v) is 3.65. The molecule has 3 N–H and O–H groups in total. The molecule has 1 atom stereocenters. The van der Waals surface area contributed by atoms with Gasteiger partial charge in [-0.25, -0.2) is 0 Å². The van der Waals surface area contributed by atoms with E-state index in [1.54, 1.807) is 42.6 Å². The number of carbonyl (C=O) groups excluding carboxylic acids is 1. The highest BCUT2D eigenvalue weighted by atomic mass is 19.4. The SMILES string of the molecule is CCCC[C@@H](COc1ccc(-c2ccc(C(F)(F)F)cc2)nc1)Nc1ccc(C(=O)NCCC(=O)O)cc1. The molecular weight excluding hydrogens is 499 g/mol. The molecule has 1 amide bonds. The lowest BCUT2D eigenvalue weighted by Crippen LogP contribution is -2.27. The Bertz CT molecular complexity index is 1180. The number of halogens is 3. The van der Waals surface area contributed by atoms with Crippen LogP contribution in [0.15, 0.2) is 66.9 Å². The number of carbonyl (C=O) groups is 2. The quantitative estimate of drug-likeness (QED) is 0.250. The predicted octanol–water partition coefficient (Wildman–Crippen LogP) is 6.02. The van der Waals surface area contributed by atoms with Gasteiger partial charge in [0.1, 0.15) is 12.4 Å². The first-order valence-electron chi connectivity index (χ1n) is 12.3. The molecule has 0 aliphatic heterocycles. The Morgan fingerprint density at radius 1 is 1.03 bits per heavy atom. The molecule has 1 heterocycles. The number of carboxylic acids is 1. The lowest BCUT2D eigenvalue weighted by atomic mass is 10.1. The van der Waals surface area contributed by atoms with Crippen molar-refractivity contribution in [2.24, 2.45) is 0 Å². The number of hydrogen-bond acceptors (Lipinski definition) is 5. The molecule has 2 aromatic carbocycles. The molecule has 0 bridgehead atoms. The molecule has 0 saturated heterocycles. The number of amides is 1. The summed E-state index contributed by atoms with van der Waals surface area (Å²) < 4.78 is 44.3. The van der Waals surface area contributed by atoms with Crippen molar-refractivity contribution in [3.8, 4) is 17.0 Å². The van der Waals surface area contributed by atoms with Gasteiger partial charge < -0.3 is 20.5 Å². The second kappa shape index (κ2) is 13.5. The second-order valence-electron chi connectivity index (χ2n) is 8.73. The molecule has 3 aromatic rings. The van der Waals surface area contributed by atoms with E-state index in [0.29, 0.717) is 29.2 Å². The van der Waals surface area contributed by atoms with Gasteiger partial charge in [0.05, 0.1) is 29.9 Å². The van der Waals surface area contributed by atoms with Crippen molar-refractivity contribution in [2.75, 3.05) is 18.5 Å². The van der Waals surface area contributed by atoms with E-state index < -0.39 is 17.7 Å². The van der Waals surface area contributed by atoms with Gasteiger partial charge in [-0.15, -0.1) is 0 Å². The van der Waals surface area contributed by atoms with Crippen LogP contribution in [0.25, 0.3) is 11.3 Å². The lowest BCUT2D eigenvalue weighted by Gasteiger charge is -2.20. The van der Waals surface area contributed by atoms with Gasteiger partial charge in [-0.3, -0.25) is 14.6 Å². The number of nitrogens with zero attached hydrogens (tertiary/aromatic N) is 1. The minimum absolute atomic E-state index is 0.0141. The van der Waals surface area contributed by atoms with Crippen LogP contribution in [0.1, 0.15) is 48.5 Å². The number of nitrogens with one attached hydrogen (secondary N) is 2. The van der Waals surface area contributed by atoms with Crippen molar-refractivity contribution >= 4 is 17.6 Å². The van der Waals surface area contributed by atoms with Gasteiger partial charge in [0, 0.05) is 23.4 Å². The zero-order chi connectivity index (χ0) is 27.5. The third-order valence-electron chi connectivity index (χ3n) is 5.74. The molecule has 38 heavy (non-hydrogen) atoms. The molecule has 3 rings (SSSR count). The molecular formula is C28H30F3N3O4. The maximum absolute atomic E-state index is 12.8. The summed E-state index contributed by atoms with van der Waals surface area (Å²) in [6.07, 6.45) is -0.135. The van der Waals surface area contributed by atoms with Crippen LogP contribution >= 0.6 is 0 Å². The van der Waals surface area contributed by atoms with Crippen LogP contribution in [0.4, 0.5) is 18.9 Å². The summed E-state index contributed by atoms with van der Waals surface area (Å²) in [4.78, 5) is 27.0. The Hall–Kier alpha value is -4.08. The average Bonchev–Trinajstić information content (AvgIpc) is 2.90. The van der Waals surface area contributed by atoms with Crippen LogP contribution in [0.2, 0.25) is 0 Å². The monoisotopic (exact) mass is 529 g/mol. The van der Waals surface area contributed by atoms with Gasteiger partial charge in [0.25, 0.3) is 5.91 Å². The van der Waals surface area contributed by atoms with Crippen molar-refractivity contribution < 1.29 is 32.6 Å². The van der Waals surface area contributed by atoms with Gasteiger partial charge in [0.2, 0.25) is 0 Å². The van der Waals surface area contributed by atoms with Gasteiger partial charge in [-0.2, -0.15) is 13.2 Å². The van der Waals surface area contributed by atoms with E-state index in [9.17, 15) is 22.8 Å². The zero-order valence-corrected chi connectivity index (χ0v) is 20.9. The van der Waals surface area contributed by atoms with Gasteiger partial charge >= 0.3 is 12.1 Å². The molecule has 0 unspecified atom stereocenters. The first-order valence-corrected chi connectivity index (χ1v) is 12.3. The van der Waals surface area contributed by atoms with Gasteiger partial charge in [0.15, 0.2) is 0 Å². The number of aromatic nitrogens is 1. The van der Waals surface area contributed by atoms with Crippen LogP contribution in [0.3, 0.4) is 0 Å². The Kier molecular flexibility index (Phi) is 10.1. The Labute approximate surface area is 219 Å². The second-order valence-corrected chi connectivity index (χ2v) is 8.73. The van der Waals surface area contributed by atoms with E-state index in [1.165, 1.54) is 12.1 Å². The third-order valence-corrected chi connectivity index (χ3v) is 5.74. The number of alkyl halides is 3.